The van der Waals surface area contributed by atoms with E-state index in [1.54, 1.807) is 0 Å². The van der Waals surface area contributed by atoms with E-state index in [9.17, 15) is 4.79 Å². The van der Waals surface area contributed by atoms with Gasteiger partial charge in [0.25, 0.3) is 5.91 Å². The molecule has 4 heterocycles. The van der Waals surface area contributed by atoms with Crippen molar-refractivity contribution in [2.45, 2.75) is 64.5 Å². The van der Waals surface area contributed by atoms with Crippen LogP contribution in [0, 0.1) is 6.92 Å². The van der Waals surface area contributed by atoms with Crippen LogP contribution in [0.25, 0.3) is 0 Å². The Labute approximate surface area is 213 Å². The molecule has 2 N–H and O–H groups in total. The van der Waals surface area contributed by atoms with E-state index in [0.29, 0.717) is 30.1 Å². The number of fused-ring (bicyclic) bond motifs is 2. The lowest BCUT2D eigenvalue weighted by atomic mass is 9.94. The summed E-state index contributed by atoms with van der Waals surface area (Å²) in [6.45, 7) is 15.1. The highest BCUT2D eigenvalue weighted by atomic mass is 16.2. The van der Waals surface area contributed by atoms with Crippen molar-refractivity contribution < 1.29 is 4.79 Å². The number of pyridine rings is 1. The highest BCUT2D eigenvalue weighted by Crippen LogP contribution is 2.43. The van der Waals surface area contributed by atoms with Crippen LogP contribution in [-0.2, 0) is 5.54 Å². The van der Waals surface area contributed by atoms with Crippen LogP contribution in [0.5, 0.6) is 0 Å². The van der Waals surface area contributed by atoms with E-state index >= 15 is 0 Å². The Morgan fingerprint density at radius 3 is 2.75 bits per heavy atom. The molecule has 3 aliphatic rings. The number of anilines is 2. The summed E-state index contributed by atoms with van der Waals surface area (Å²) in [4.78, 5) is 31.2. The average Bonchev–Trinajstić information content (AvgIpc) is 3.63. The zero-order valence-electron chi connectivity index (χ0n) is 21.8. The summed E-state index contributed by atoms with van der Waals surface area (Å²) in [5.41, 5.74) is 2.66. The molecule has 2 aromatic rings. The maximum Gasteiger partial charge on any atom is 0.268 e. The Bertz CT molecular complexity index is 1140. The first-order chi connectivity index (χ1) is 17.5. The predicted octanol–water partition coefficient (Wildman–Crippen LogP) is 3.92. The Morgan fingerprint density at radius 1 is 1.31 bits per heavy atom. The number of likely N-dealkylation sites (N-methyl/N-ethyl adjacent to an activating group) is 1. The van der Waals surface area contributed by atoms with Gasteiger partial charge in [0.05, 0.1) is 17.4 Å². The molecule has 9 nitrogen and oxygen atoms in total. The molecule has 192 valence electrons. The van der Waals surface area contributed by atoms with Gasteiger partial charge in [-0.15, -0.1) is 0 Å². The summed E-state index contributed by atoms with van der Waals surface area (Å²) in [7, 11) is 0. The van der Waals surface area contributed by atoms with E-state index in [2.05, 4.69) is 61.6 Å². The quantitative estimate of drug-likeness (QED) is 0.473. The Morgan fingerprint density at radius 2 is 2.08 bits per heavy atom. The fraction of sp³-hybridized carbons (Fsp3) is 0.556. The third-order valence-corrected chi connectivity index (χ3v) is 8.18. The molecule has 1 saturated heterocycles. The molecule has 5 rings (SSSR count). The Hall–Kier alpha value is -3.20. The smallest absolute Gasteiger partial charge is 0.268 e. The Kier molecular flexibility index (Phi) is 6.83. The lowest BCUT2D eigenvalue weighted by Gasteiger charge is -2.37. The maximum absolute atomic E-state index is 12.6. The molecule has 36 heavy (non-hydrogen) atoms. The number of rotatable bonds is 6. The molecule has 9 heteroatoms. The van der Waals surface area contributed by atoms with E-state index < -0.39 is 0 Å². The number of nitrogens with one attached hydrogen (secondary N) is 2. The first-order valence-corrected chi connectivity index (χ1v) is 13.3. The summed E-state index contributed by atoms with van der Waals surface area (Å²) >= 11 is 0. The topological polar surface area (TPSA) is 90.1 Å². The number of aromatic nitrogens is 2. The second-order valence-corrected chi connectivity index (χ2v) is 10.2. The first kappa shape index (κ1) is 24.5. The number of aliphatic imine (C=N–C) groups is 2. The van der Waals surface area contributed by atoms with E-state index in [1.807, 2.05) is 25.3 Å². The number of guanidine groups is 1. The molecule has 1 saturated carbocycles. The largest absolute Gasteiger partial charge is 0.369 e. The lowest BCUT2D eigenvalue weighted by molar-refractivity contribution is 0.0874. The van der Waals surface area contributed by atoms with Gasteiger partial charge in [-0.1, -0.05) is 26.7 Å². The third-order valence-electron chi connectivity index (χ3n) is 8.18. The van der Waals surface area contributed by atoms with Crippen LogP contribution in [0.3, 0.4) is 0 Å². The van der Waals surface area contributed by atoms with Crippen LogP contribution < -0.4 is 15.5 Å². The summed E-state index contributed by atoms with van der Waals surface area (Å²) in [6.07, 6.45) is 7.48. The van der Waals surface area contributed by atoms with Crippen molar-refractivity contribution in [3.05, 3.63) is 35.7 Å². The van der Waals surface area contributed by atoms with Gasteiger partial charge < -0.3 is 20.1 Å². The maximum atomic E-state index is 12.6. The molecule has 1 spiro atoms. The minimum atomic E-state index is -0.110. The van der Waals surface area contributed by atoms with Crippen molar-refractivity contribution in [1.29, 1.82) is 0 Å². The van der Waals surface area contributed by atoms with Crippen LogP contribution >= 0.6 is 0 Å². The molecular formula is C27H38N8O. The molecule has 1 amide bonds. The number of hydrogen-bond acceptors (Lipinski definition) is 5. The van der Waals surface area contributed by atoms with Gasteiger partial charge in [0.15, 0.2) is 0 Å². The van der Waals surface area contributed by atoms with E-state index in [-0.39, 0.29) is 11.4 Å². The highest BCUT2D eigenvalue weighted by molar-refractivity contribution is 5.99. The molecule has 2 fully saturated rings. The molecular weight excluding hydrogens is 452 g/mol. The molecule has 0 bridgehead atoms. The van der Waals surface area contributed by atoms with Crippen molar-refractivity contribution in [2.75, 3.05) is 42.9 Å². The molecule has 2 aromatic heterocycles. The molecule has 2 aliphatic heterocycles. The second-order valence-electron chi connectivity index (χ2n) is 10.2. The first-order valence-electron chi connectivity index (χ1n) is 13.3. The zero-order chi connectivity index (χ0) is 25.3. The fourth-order valence-electron chi connectivity index (χ4n) is 6.24. The Balaban J connectivity index is 1.35. The van der Waals surface area contributed by atoms with Gasteiger partial charge in [0.1, 0.15) is 17.3 Å². The van der Waals surface area contributed by atoms with Gasteiger partial charge in [0, 0.05) is 25.7 Å². The molecule has 1 unspecified atom stereocenters. The number of carbonyl (C=O) groups excluding carboxylic acids is 1. The summed E-state index contributed by atoms with van der Waals surface area (Å²) in [5.74, 6) is 1.77. The molecule has 0 radical (unpaired) electrons. The van der Waals surface area contributed by atoms with Crippen molar-refractivity contribution in [3.8, 4) is 0 Å². The van der Waals surface area contributed by atoms with Crippen molar-refractivity contribution in [1.82, 2.24) is 19.8 Å². The number of nitrogens with zero attached hydrogens (tertiary/aromatic N) is 6. The van der Waals surface area contributed by atoms with Crippen LogP contribution in [-0.4, -0.2) is 71.8 Å². The minimum Gasteiger partial charge on any atom is -0.369 e. The minimum absolute atomic E-state index is 0.0412. The summed E-state index contributed by atoms with van der Waals surface area (Å²) in [5, 5.41) is 6.31. The summed E-state index contributed by atoms with van der Waals surface area (Å²) < 4.78 is 2.15. The van der Waals surface area contributed by atoms with Crippen LogP contribution in [0.1, 0.15) is 62.0 Å². The third kappa shape index (κ3) is 4.40. The van der Waals surface area contributed by atoms with Crippen molar-refractivity contribution >= 4 is 35.9 Å². The SMILES string of the molecule is C=N/C(=N\c1c(C)cc2n1C1(CCCC1)CNC2=O)Nc1ccc(N2CCC(N(CC)CC)C2)cn1. The average molecular weight is 491 g/mol. The van der Waals surface area contributed by atoms with Crippen molar-refractivity contribution in [3.63, 3.8) is 0 Å². The van der Waals surface area contributed by atoms with Gasteiger partial charge in [-0.2, -0.15) is 4.99 Å². The van der Waals surface area contributed by atoms with Crippen LogP contribution in [0.2, 0.25) is 0 Å². The van der Waals surface area contributed by atoms with Gasteiger partial charge in [-0.05, 0) is 69.8 Å². The zero-order valence-corrected chi connectivity index (χ0v) is 21.8. The molecule has 0 aromatic carbocycles. The van der Waals surface area contributed by atoms with Gasteiger partial charge in [0.2, 0.25) is 5.96 Å². The number of carbonyl (C=O) groups is 1. The van der Waals surface area contributed by atoms with Crippen molar-refractivity contribution in [2.24, 2.45) is 9.98 Å². The summed E-state index contributed by atoms with van der Waals surface area (Å²) in [6, 6.07) is 6.60. The number of hydrogen-bond donors (Lipinski definition) is 2. The highest BCUT2D eigenvalue weighted by Gasteiger charge is 2.43. The van der Waals surface area contributed by atoms with Crippen LogP contribution in [0.15, 0.2) is 34.4 Å². The van der Waals surface area contributed by atoms with Gasteiger partial charge in [-0.25, -0.2) is 9.98 Å². The van der Waals surface area contributed by atoms with E-state index in [1.165, 1.54) is 6.42 Å². The predicted molar refractivity (Wildman–Crippen MR) is 146 cm³/mol. The second kappa shape index (κ2) is 10.0. The lowest BCUT2D eigenvalue weighted by Crippen LogP contribution is -2.49. The monoisotopic (exact) mass is 490 g/mol. The van der Waals surface area contributed by atoms with E-state index in [4.69, 9.17) is 4.99 Å². The molecule has 1 atom stereocenters. The standard InChI is InChI=1S/C27H38N8O/c1-5-33(6-2)21-11-14-34(17-21)20-9-10-23(29-16-20)31-26(28-4)32-24-19(3)15-22-25(36)30-18-27(35(22)24)12-7-8-13-27/h9-10,15-16,21H,4-8,11-14,17-18H2,1-3H3,(H,30,36)(H,29,31,32). The van der Waals surface area contributed by atoms with E-state index in [0.717, 1.165) is 68.9 Å². The number of aryl methyl sites for hydroxylation is 1. The van der Waals surface area contributed by atoms with Gasteiger partial charge >= 0.3 is 0 Å². The molecule has 1 aliphatic carbocycles. The van der Waals surface area contributed by atoms with Gasteiger partial charge in [-0.3, -0.25) is 9.69 Å². The van der Waals surface area contributed by atoms with Crippen LogP contribution in [0.4, 0.5) is 17.3 Å². The normalized spacial score (nSPS) is 21.2. The number of amides is 1. The fourth-order valence-corrected chi connectivity index (χ4v) is 6.24.